The predicted octanol–water partition coefficient (Wildman–Crippen LogP) is 1.82. The van der Waals surface area contributed by atoms with Crippen molar-refractivity contribution < 1.29 is 18.9 Å². The largest absolute Gasteiger partial charge is 0.349 e. The smallest absolute Gasteiger partial charge is 0.179 e. The van der Waals surface area contributed by atoms with E-state index in [9.17, 15) is 0 Å². The number of pyridine rings is 1. The van der Waals surface area contributed by atoms with Gasteiger partial charge in [0.05, 0.1) is 18.9 Å². The van der Waals surface area contributed by atoms with Gasteiger partial charge in [0.2, 0.25) is 0 Å². The van der Waals surface area contributed by atoms with Crippen LogP contribution in [0.2, 0.25) is 0 Å². The summed E-state index contributed by atoms with van der Waals surface area (Å²) in [5.74, 6) is -0.576. The molecule has 5 nitrogen and oxygen atoms in total. The molecule has 1 aromatic heterocycles. The lowest BCUT2D eigenvalue weighted by Crippen LogP contribution is -2.62. The molecule has 0 unspecified atom stereocenters. The van der Waals surface area contributed by atoms with Crippen LogP contribution in [0.25, 0.3) is 0 Å². The van der Waals surface area contributed by atoms with E-state index in [1.165, 1.54) is 0 Å². The summed E-state index contributed by atoms with van der Waals surface area (Å²) in [5.41, 5.74) is 0.380. The van der Waals surface area contributed by atoms with Crippen LogP contribution in [-0.2, 0) is 24.4 Å². The lowest BCUT2D eigenvalue weighted by Gasteiger charge is -2.50. The van der Waals surface area contributed by atoms with Gasteiger partial charge in [0.25, 0.3) is 0 Å². The van der Waals surface area contributed by atoms with Crippen LogP contribution in [0.4, 0.5) is 0 Å². The molecule has 3 rings (SSSR count). The second kappa shape index (κ2) is 4.52. The van der Waals surface area contributed by atoms with E-state index < -0.39 is 11.2 Å². The average Bonchev–Trinajstić information content (AvgIpc) is 2.37. The molecule has 2 fully saturated rings. The molecule has 0 aliphatic carbocycles. The topological polar surface area (TPSA) is 49.8 Å². The van der Waals surface area contributed by atoms with Crippen molar-refractivity contribution >= 4 is 0 Å². The predicted molar refractivity (Wildman–Crippen MR) is 67.3 cm³/mol. The highest BCUT2D eigenvalue weighted by Crippen LogP contribution is 2.41. The quantitative estimate of drug-likeness (QED) is 0.816. The molecule has 0 aromatic carbocycles. The van der Waals surface area contributed by atoms with E-state index in [2.05, 4.69) is 4.98 Å². The van der Waals surface area contributed by atoms with E-state index in [0.717, 1.165) is 5.69 Å². The summed E-state index contributed by atoms with van der Waals surface area (Å²) >= 11 is 0. The van der Waals surface area contributed by atoms with Gasteiger partial charge in [-0.05, 0) is 32.9 Å². The van der Waals surface area contributed by atoms with Gasteiger partial charge >= 0.3 is 0 Å². The minimum atomic E-state index is -0.576. The minimum absolute atomic E-state index is 0.180. The molecule has 0 saturated carbocycles. The molecular formula is C14H19NO4. The van der Waals surface area contributed by atoms with Crippen LogP contribution >= 0.6 is 0 Å². The molecule has 0 amide bonds. The van der Waals surface area contributed by atoms with Crippen molar-refractivity contribution in [2.24, 2.45) is 0 Å². The van der Waals surface area contributed by atoms with Gasteiger partial charge in [-0.15, -0.1) is 0 Å². The first-order chi connectivity index (χ1) is 9.02. The van der Waals surface area contributed by atoms with Crippen molar-refractivity contribution in [1.82, 2.24) is 4.98 Å². The van der Waals surface area contributed by atoms with Crippen LogP contribution in [0, 0.1) is 0 Å². The highest BCUT2D eigenvalue weighted by Gasteiger charge is 2.53. The van der Waals surface area contributed by atoms with Crippen LogP contribution in [0.3, 0.4) is 0 Å². The molecule has 1 aromatic rings. The maximum absolute atomic E-state index is 5.81. The fraction of sp³-hybridized carbons (Fsp3) is 0.643. The zero-order valence-electron chi connectivity index (χ0n) is 11.5. The first-order valence-electron chi connectivity index (χ1n) is 6.52. The fourth-order valence-electron chi connectivity index (χ4n) is 2.37. The Morgan fingerprint density at radius 1 is 1.16 bits per heavy atom. The highest BCUT2D eigenvalue weighted by molar-refractivity contribution is 5.21. The number of nitrogens with zero attached hydrogens (tertiary/aromatic N) is 1. The lowest BCUT2D eigenvalue weighted by molar-refractivity contribution is -0.421. The zero-order valence-corrected chi connectivity index (χ0v) is 11.5. The summed E-state index contributed by atoms with van der Waals surface area (Å²) in [6.07, 6.45) is 1.22. The fourth-order valence-corrected chi connectivity index (χ4v) is 2.37. The molecule has 0 bridgehead atoms. The number of rotatable bonds is 2. The molecule has 2 aliphatic rings. The van der Waals surface area contributed by atoms with Gasteiger partial charge in [0.1, 0.15) is 5.41 Å². The molecule has 3 heterocycles. The van der Waals surface area contributed by atoms with Crippen molar-refractivity contribution in [3.05, 3.63) is 30.1 Å². The third kappa shape index (κ3) is 2.27. The van der Waals surface area contributed by atoms with E-state index in [0.29, 0.717) is 13.2 Å². The molecule has 0 atom stereocenters. The summed E-state index contributed by atoms with van der Waals surface area (Å²) < 4.78 is 23.0. The van der Waals surface area contributed by atoms with E-state index in [1.807, 2.05) is 39.0 Å². The molecular weight excluding hydrogens is 246 g/mol. The third-order valence-electron chi connectivity index (χ3n) is 3.61. The Kier molecular flexibility index (Phi) is 3.09. The van der Waals surface area contributed by atoms with Crippen molar-refractivity contribution in [3.63, 3.8) is 0 Å². The number of hydrogen-bond acceptors (Lipinski definition) is 5. The minimum Gasteiger partial charge on any atom is -0.349 e. The summed E-state index contributed by atoms with van der Waals surface area (Å²) in [6, 6.07) is 5.80. The zero-order chi connectivity index (χ0) is 13.5. The van der Waals surface area contributed by atoms with Crippen LogP contribution in [0.1, 0.15) is 26.5 Å². The van der Waals surface area contributed by atoms with Gasteiger partial charge in [0, 0.05) is 6.20 Å². The second-order valence-electron chi connectivity index (χ2n) is 5.52. The van der Waals surface area contributed by atoms with Gasteiger partial charge < -0.3 is 18.9 Å². The molecule has 19 heavy (non-hydrogen) atoms. The van der Waals surface area contributed by atoms with E-state index in [4.69, 9.17) is 18.9 Å². The maximum Gasteiger partial charge on any atom is 0.179 e. The number of ether oxygens (including phenoxy) is 4. The highest BCUT2D eigenvalue weighted by atomic mass is 16.9. The first kappa shape index (κ1) is 13.0. The van der Waals surface area contributed by atoms with Crippen molar-refractivity contribution in [1.29, 1.82) is 0 Å². The summed E-state index contributed by atoms with van der Waals surface area (Å²) in [7, 11) is 0. The lowest BCUT2D eigenvalue weighted by atomic mass is 9.83. The Balaban J connectivity index is 1.89. The van der Waals surface area contributed by atoms with Crippen LogP contribution in [-0.4, -0.2) is 36.6 Å². The summed E-state index contributed by atoms with van der Waals surface area (Å²) in [5, 5.41) is 0. The molecule has 0 radical (unpaired) electrons. The molecule has 2 aliphatic heterocycles. The number of aromatic nitrogens is 1. The van der Waals surface area contributed by atoms with E-state index in [1.54, 1.807) is 6.20 Å². The SMILES string of the molecule is CC1OC(C2(c3ccccn3)COC(C)(C)OC2)O1. The summed E-state index contributed by atoms with van der Waals surface area (Å²) in [6.45, 7) is 6.61. The van der Waals surface area contributed by atoms with E-state index in [-0.39, 0.29) is 12.6 Å². The summed E-state index contributed by atoms with van der Waals surface area (Å²) in [4.78, 5) is 4.43. The van der Waals surface area contributed by atoms with Crippen LogP contribution < -0.4 is 0 Å². The second-order valence-corrected chi connectivity index (χ2v) is 5.52. The molecule has 0 N–H and O–H groups in total. The number of hydrogen-bond donors (Lipinski definition) is 0. The van der Waals surface area contributed by atoms with Crippen molar-refractivity contribution in [2.45, 2.75) is 44.6 Å². The van der Waals surface area contributed by atoms with Crippen molar-refractivity contribution in [2.75, 3.05) is 13.2 Å². The monoisotopic (exact) mass is 265 g/mol. The van der Waals surface area contributed by atoms with Crippen LogP contribution in [0.15, 0.2) is 24.4 Å². The average molecular weight is 265 g/mol. The van der Waals surface area contributed by atoms with Gasteiger partial charge in [-0.1, -0.05) is 6.07 Å². The molecule has 2 saturated heterocycles. The Hall–Kier alpha value is -1.01. The van der Waals surface area contributed by atoms with Gasteiger partial charge in [-0.3, -0.25) is 4.98 Å². The Morgan fingerprint density at radius 2 is 1.84 bits per heavy atom. The normalized spacial score (nSPS) is 32.6. The standard InChI is InChI=1S/C14H19NO4/c1-10-18-12(19-10)14(11-6-4-5-7-15-11)8-16-13(2,3)17-9-14/h4-7,10,12H,8-9H2,1-3H3. The third-order valence-corrected chi connectivity index (χ3v) is 3.61. The van der Waals surface area contributed by atoms with Crippen LogP contribution in [0.5, 0.6) is 0 Å². The van der Waals surface area contributed by atoms with Gasteiger partial charge in [-0.25, -0.2) is 0 Å². The van der Waals surface area contributed by atoms with Gasteiger partial charge in [-0.2, -0.15) is 0 Å². The molecule has 5 heteroatoms. The van der Waals surface area contributed by atoms with Gasteiger partial charge in [0.15, 0.2) is 18.4 Å². The van der Waals surface area contributed by atoms with E-state index >= 15 is 0 Å². The Labute approximate surface area is 112 Å². The molecule has 0 spiro atoms. The maximum atomic E-state index is 5.81. The van der Waals surface area contributed by atoms with Crippen molar-refractivity contribution in [3.8, 4) is 0 Å². The Bertz CT molecular complexity index is 432. The Morgan fingerprint density at radius 3 is 2.37 bits per heavy atom. The molecule has 104 valence electrons. The first-order valence-corrected chi connectivity index (χ1v) is 6.52.